The fraction of sp³-hybridized carbons (Fsp3) is 0.452. The first-order valence-corrected chi connectivity index (χ1v) is 13.7. The van der Waals surface area contributed by atoms with Gasteiger partial charge in [-0.05, 0) is 62.9 Å². The Morgan fingerprint density at radius 3 is 2.48 bits per heavy atom. The van der Waals surface area contributed by atoms with Gasteiger partial charge >= 0.3 is 6.09 Å². The van der Waals surface area contributed by atoms with Crippen molar-refractivity contribution in [3.05, 3.63) is 65.3 Å². The first-order valence-electron chi connectivity index (χ1n) is 13.7. The summed E-state index contributed by atoms with van der Waals surface area (Å²) in [6.45, 7) is 12.8. The molecule has 2 aromatic heterocycles. The summed E-state index contributed by atoms with van der Waals surface area (Å²) in [5, 5.41) is 13.4. The van der Waals surface area contributed by atoms with Crippen molar-refractivity contribution in [2.75, 3.05) is 13.7 Å². The zero-order chi connectivity index (χ0) is 31.4. The standard InChI is InChI=1S/C31H41F2N5O4/c1-18(35-8)21(26(34)28(39)30(2,3)4)13-14-41-27-22(10-11-23(32)25(27)33)19-9-12-24-36-15-20(38(24)17-19)16-37-29(40)42-31(5,6)7/h9-12,15,17,28,39H,13-14,16,34H2,1-8H3,(H,37,40). The third-order valence-corrected chi connectivity index (χ3v) is 6.59. The van der Waals surface area contributed by atoms with Crippen LogP contribution in [-0.4, -0.2) is 51.7 Å². The lowest BCUT2D eigenvalue weighted by molar-refractivity contribution is 0.0522. The van der Waals surface area contributed by atoms with E-state index in [-0.39, 0.29) is 31.0 Å². The molecule has 0 aliphatic heterocycles. The molecule has 1 atom stereocenters. The quantitative estimate of drug-likeness (QED) is 0.274. The maximum Gasteiger partial charge on any atom is 0.407 e. The number of aliphatic imine (C=N–C) groups is 1. The fourth-order valence-electron chi connectivity index (χ4n) is 4.25. The van der Waals surface area contributed by atoms with Gasteiger partial charge in [-0.1, -0.05) is 20.8 Å². The number of nitrogens with two attached hydrogens (primary N) is 1. The average molecular weight is 586 g/mol. The lowest BCUT2D eigenvalue weighted by atomic mass is 9.85. The van der Waals surface area contributed by atoms with Crippen LogP contribution in [0.1, 0.15) is 60.6 Å². The third-order valence-electron chi connectivity index (χ3n) is 6.59. The van der Waals surface area contributed by atoms with Crippen LogP contribution >= 0.6 is 0 Å². The summed E-state index contributed by atoms with van der Waals surface area (Å²) in [5.41, 5.74) is 8.73. The first-order chi connectivity index (χ1) is 19.5. The van der Waals surface area contributed by atoms with Crippen LogP contribution in [0.15, 0.2) is 52.9 Å². The van der Waals surface area contributed by atoms with Gasteiger partial charge in [-0.3, -0.25) is 4.99 Å². The maximum absolute atomic E-state index is 15.1. The van der Waals surface area contributed by atoms with Crippen molar-refractivity contribution in [2.24, 2.45) is 16.1 Å². The van der Waals surface area contributed by atoms with Crippen LogP contribution in [-0.2, 0) is 11.3 Å². The zero-order valence-electron chi connectivity index (χ0n) is 25.5. The summed E-state index contributed by atoms with van der Waals surface area (Å²) >= 11 is 0. The normalized spacial score (nSPS) is 14.0. The molecule has 0 bridgehead atoms. The molecule has 0 spiro atoms. The number of aromatic nitrogens is 2. The molecule has 0 aliphatic carbocycles. The number of nitrogens with one attached hydrogen (secondary N) is 1. The number of carbonyl (C=O) groups excluding carboxylic acids is 1. The highest BCUT2D eigenvalue weighted by Gasteiger charge is 2.27. The number of aliphatic hydroxyl groups excluding tert-OH is 1. The Hall–Kier alpha value is -3.99. The van der Waals surface area contributed by atoms with E-state index < -0.39 is 34.8 Å². The average Bonchev–Trinajstić information content (AvgIpc) is 3.31. The van der Waals surface area contributed by atoms with E-state index in [1.54, 1.807) is 63.7 Å². The maximum atomic E-state index is 15.1. The molecule has 2 heterocycles. The van der Waals surface area contributed by atoms with E-state index in [1.165, 1.54) is 6.07 Å². The third kappa shape index (κ3) is 7.84. The molecule has 0 fully saturated rings. The Morgan fingerprint density at radius 1 is 1.17 bits per heavy atom. The van der Waals surface area contributed by atoms with Gasteiger partial charge in [0.25, 0.3) is 0 Å². The molecule has 0 saturated heterocycles. The van der Waals surface area contributed by atoms with Gasteiger partial charge in [-0.15, -0.1) is 0 Å². The number of carbonyl (C=O) groups is 1. The van der Waals surface area contributed by atoms with Crippen LogP contribution in [0.4, 0.5) is 13.6 Å². The number of hydrogen-bond acceptors (Lipinski definition) is 7. The minimum absolute atomic E-state index is 0.0501. The van der Waals surface area contributed by atoms with Gasteiger partial charge in [-0.25, -0.2) is 14.2 Å². The summed E-state index contributed by atoms with van der Waals surface area (Å²) in [5.74, 6) is -2.44. The highest BCUT2D eigenvalue weighted by Crippen LogP contribution is 2.35. The monoisotopic (exact) mass is 585 g/mol. The molecule has 1 aromatic carbocycles. The zero-order valence-corrected chi connectivity index (χ0v) is 25.5. The molecule has 228 valence electrons. The van der Waals surface area contributed by atoms with E-state index >= 15 is 4.39 Å². The molecule has 4 N–H and O–H groups in total. The summed E-state index contributed by atoms with van der Waals surface area (Å²) in [7, 11) is 1.61. The van der Waals surface area contributed by atoms with Crippen LogP contribution < -0.4 is 15.8 Å². The molecule has 0 saturated carbocycles. The molecule has 11 heteroatoms. The highest BCUT2D eigenvalue weighted by atomic mass is 19.2. The molecule has 3 rings (SSSR count). The van der Waals surface area contributed by atoms with Gasteiger partial charge in [0.1, 0.15) is 11.2 Å². The second-order valence-corrected chi connectivity index (χ2v) is 12.1. The Balaban J connectivity index is 1.91. The van der Waals surface area contributed by atoms with Crippen molar-refractivity contribution >= 4 is 17.5 Å². The molecule has 0 radical (unpaired) electrons. The molecule has 1 unspecified atom stereocenters. The minimum Gasteiger partial charge on any atom is -0.489 e. The number of rotatable bonds is 9. The van der Waals surface area contributed by atoms with Crippen LogP contribution in [0.5, 0.6) is 5.75 Å². The number of hydrogen-bond donors (Lipinski definition) is 3. The van der Waals surface area contributed by atoms with Crippen molar-refractivity contribution in [3.8, 4) is 16.9 Å². The fourth-order valence-corrected chi connectivity index (χ4v) is 4.25. The Kier molecular flexibility index (Phi) is 9.98. The number of ether oxygens (including phenoxy) is 2. The van der Waals surface area contributed by atoms with E-state index in [0.29, 0.717) is 33.8 Å². The van der Waals surface area contributed by atoms with E-state index in [4.69, 9.17) is 15.2 Å². The Bertz CT molecular complexity index is 1500. The molecule has 9 nitrogen and oxygen atoms in total. The summed E-state index contributed by atoms with van der Waals surface area (Å²) < 4.78 is 42.4. The predicted molar refractivity (Wildman–Crippen MR) is 159 cm³/mol. The second kappa shape index (κ2) is 12.9. The van der Waals surface area contributed by atoms with Crippen molar-refractivity contribution in [1.82, 2.24) is 14.7 Å². The number of aliphatic hydroxyl groups is 1. The van der Waals surface area contributed by atoms with Gasteiger partial charge in [0.05, 0.1) is 31.1 Å². The van der Waals surface area contributed by atoms with Gasteiger partial charge < -0.3 is 30.0 Å². The highest BCUT2D eigenvalue weighted by molar-refractivity contribution is 5.98. The minimum atomic E-state index is -1.13. The van der Waals surface area contributed by atoms with Gasteiger partial charge in [0.2, 0.25) is 5.82 Å². The number of benzene rings is 1. The van der Waals surface area contributed by atoms with E-state index in [2.05, 4.69) is 15.3 Å². The SMILES string of the molecule is CN=C(C)C(CCOc1c(-c2ccc3ncc(CNC(=O)OC(C)(C)C)n3c2)ccc(F)c1F)=C(N)C(O)C(C)(C)C. The van der Waals surface area contributed by atoms with E-state index in [9.17, 15) is 14.3 Å². The largest absolute Gasteiger partial charge is 0.489 e. The smallest absolute Gasteiger partial charge is 0.407 e. The van der Waals surface area contributed by atoms with Crippen molar-refractivity contribution in [1.29, 1.82) is 0 Å². The number of nitrogens with zero attached hydrogens (tertiary/aromatic N) is 3. The van der Waals surface area contributed by atoms with Gasteiger partial charge in [0.15, 0.2) is 11.6 Å². The topological polar surface area (TPSA) is 123 Å². The molecule has 1 amide bonds. The van der Waals surface area contributed by atoms with Gasteiger partial charge in [0, 0.05) is 42.2 Å². The first kappa shape index (κ1) is 32.5. The number of imidazole rings is 1. The summed E-state index contributed by atoms with van der Waals surface area (Å²) in [6, 6.07) is 5.94. The molecule has 42 heavy (non-hydrogen) atoms. The second-order valence-electron chi connectivity index (χ2n) is 12.1. The number of fused-ring (bicyclic) bond motifs is 1. The van der Waals surface area contributed by atoms with Crippen molar-refractivity contribution < 1.29 is 28.2 Å². The van der Waals surface area contributed by atoms with Crippen molar-refractivity contribution in [2.45, 2.75) is 73.1 Å². The lowest BCUT2D eigenvalue weighted by Gasteiger charge is -2.28. The molecule has 3 aromatic rings. The number of alkyl carbamates (subject to hydrolysis) is 1. The van der Waals surface area contributed by atoms with Crippen LogP contribution in [0, 0.1) is 17.0 Å². The molecule has 0 aliphatic rings. The predicted octanol–water partition coefficient (Wildman–Crippen LogP) is 5.78. The Morgan fingerprint density at radius 2 is 1.86 bits per heavy atom. The lowest BCUT2D eigenvalue weighted by Crippen LogP contribution is -2.34. The Labute approximate surface area is 245 Å². The van der Waals surface area contributed by atoms with Crippen molar-refractivity contribution in [3.63, 3.8) is 0 Å². The summed E-state index contributed by atoms with van der Waals surface area (Å²) in [4.78, 5) is 20.7. The molecular formula is C31H41F2N5O4. The van der Waals surface area contributed by atoms with Crippen LogP contribution in [0.25, 0.3) is 16.8 Å². The van der Waals surface area contributed by atoms with Crippen LogP contribution in [0.3, 0.4) is 0 Å². The van der Waals surface area contributed by atoms with Gasteiger partial charge in [-0.2, -0.15) is 4.39 Å². The number of amides is 1. The number of pyridine rings is 1. The molecular weight excluding hydrogens is 544 g/mol. The number of halogens is 2. The van der Waals surface area contributed by atoms with E-state index in [1.807, 2.05) is 20.8 Å². The van der Waals surface area contributed by atoms with E-state index in [0.717, 1.165) is 6.07 Å². The van der Waals surface area contributed by atoms with Crippen LogP contribution in [0.2, 0.25) is 0 Å². The summed E-state index contributed by atoms with van der Waals surface area (Å²) in [6.07, 6.45) is 2.02.